The van der Waals surface area contributed by atoms with Crippen molar-refractivity contribution in [1.82, 2.24) is 19.9 Å². The van der Waals surface area contributed by atoms with Crippen molar-refractivity contribution in [2.75, 3.05) is 42.8 Å². The van der Waals surface area contributed by atoms with Gasteiger partial charge in [-0.15, -0.1) is 11.3 Å². The Balaban J connectivity index is 2.01. The predicted molar refractivity (Wildman–Crippen MR) is 124 cm³/mol. The number of anilines is 4. The molecular formula is C21H25F2N7O2S. The highest BCUT2D eigenvalue weighted by Gasteiger charge is 2.29. The van der Waals surface area contributed by atoms with Crippen molar-refractivity contribution in [2.45, 2.75) is 26.7 Å². The quantitative estimate of drug-likeness (QED) is 0.473. The third-order valence-electron chi connectivity index (χ3n) is 4.44. The van der Waals surface area contributed by atoms with E-state index in [-0.39, 0.29) is 11.7 Å². The number of aromatic nitrogens is 4. The van der Waals surface area contributed by atoms with Gasteiger partial charge in [-0.1, -0.05) is 0 Å². The number of amides is 1. The summed E-state index contributed by atoms with van der Waals surface area (Å²) in [7, 11) is 3.55. The van der Waals surface area contributed by atoms with Crippen molar-refractivity contribution >= 4 is 39.7 Å². The average Bonchev–Trinajstić information content (AvgIpc) is 3.21. The first-order valence-corrected chi connectivity index (χ1v) is 10.9. The lowest BCUT2D eigenvalue weighted by Crippen LogP contribution is -2.21. The molecule has 0 spiro atoms. The Labute approximate surface area is 194 Å². The number of nitrogens with zero attached hydrogens (tertiary/aromatic N) is 5. The highest BCUT2D eigenvalue weighted by atomic mass is 32.1. The number of carbonyl (C=O) groups is 1. The Morgan fingerprint density at radius 3 is 2.67 bits per heavy atom. The Kier molecular flexibility index (Phi) is 7.49. The van der Waals surface area contributed by atoms with Crippen LogP contribution in [-0.4, -0.2) is 53.2 Å². The van der Waals surface area contributed by atoms with Gasteiger partial charge >= 0.3 is 5.92 Å². The van der Waals surface area contributed by atoms with E-state index in [1.54, 1.807) is 32.4 Å². The minimum absolute atomic E-state index is 0.188. The van der Waals surface area contributed by atoms with Gasteiger partial charge in [0.15, 0.2) is 5.13 Å². The summed E-state index contributed by atoms with van der Waals surface area (Å²) in [6, 6.07) is 3.16. The molecule has 3 rings (SSSR count). The number of likely N-dealkylation sites (N-methyl/N-ethyl adjacent to an activating group) is 1. The standard InChI is InChI=1S/C21H25F2N7O2S/c1-12-8-18(29-19(25-12)21(3,22)23)27-15-9-17(26-13(2)31)24-10-14(15)16-11-33-20(28-16)30(4)6-7-32-5/h8-11H,6-7H2,1-5H3,(H2,24,25,26,27,29,31). The first kappa shape index (κ1) is 24.4. The summed E-state index contributed by atoms with van der Waals surface area (Å²) in [6.45, 7) is 4.95. The molecule has 1 amide bonds. The molecule has 0 aliphatic heterocycles. The number of ether oxygens (including phenoxy) is 1. The maximum Gasteiger partial charge on any atom is 0.303 e. The summed E-state index contributed by atoms with van der Waals surface area (Å²) >= 11 is 1.45. The highest BCUT2D eigenvalue weighted by molar-refractivity contribution is 7.14. The van der Waals surface area contributed by atoms with Gasteiger partial charge in [0.25, 0.3) is 0 Å². The van der Waals surface area contributed by atoms with Gasteiger partial charge < -0.3 is 20.3 Å². The summed E-state index contributed by atoms with van der Waals surface area (Å²) < 4.78 is 32.8. The molecule has 9 nitrogen and oxygen atoms in total. The third-order valence-corrected chi connectivity index (χ3v) is 5.40. The van der Waals surface area contributed by atoms with Gasteiger partial charge in [-0.05, 0) is 6.92 Å². The van der Waals surface area contributed by atoms with E-state index in [9.17, 15) is 13.6 Å². The topological polar surface area (TPSA) is 105 Å². The Morgan fingerprint density at radius 2 is 2.00 bits per heavy atom. The number of methoxy groups -OCH3 is 1. The zero-order valence-corrected chi connectivity index (χ0v) is 19.8. The second-order valence-electron chi connectivity index (χ2n) is 7.46. The molecule has 33 heavy (non-hydrogen) atoms. The van der Waals surface area contributed by atoms with Crippen LogP contribution >= 0.6 is 11.3 Å². The smallest absolute Gasteiger partial charge is 0.303 e. The first-order valence-electron chi connectivity index (χ1n) is 10.0. The molecule has 0 atom stereocenters. The van der Waals surface area contributed by atoms with Gasteiger partial charge in [0.05, 0.1) is 18.0 Å². The zero-order chi connectivity index (χ0) is 24.2. The summed E-state index contributed by atoms with van der Waals surface area (Å²) in [4.78, 5) is 30.2. The van der Waals surface area contributed by atoms with Crippen LogP contribution < -0.4 is 15.5 Å². The average molecular weight is 478 g/mol. The maximum absolute atomic E-state index is 13.8. The van der Waals surface area contributed by atoms with Crippen molar-refractivity contribution < 1.29 is 18.3 Å². The van der Waals surface area contributed by atoms with Crippen LogP contribution in [0.25, 0.3) is 11.3 Å². The molecule has 0 aromatic carbocycles. The van der Waals surface area contributed by atoms with Gasteiger partial charge in [-0.2, -0.15) is 8.78 Å². The molecular weight excluding hydrogens is 452 g/mol. The minimum Gasteiger partial charge on any atom is -0.383 e. The van der Waals surface area contributed by atoms with Crippen LogP contribution in [0.1, 0.15) is 25.4 Å². The number of pyridine rings is 1. The molecule has 0 saturated carbocycles. The SMILES string of the molecule is COCCN(C)c1nc(-c2cnc(NC(C)=O)cc2Nc2cc(C)nc(C(C)(F)F)n2)cs1. The molecule has 0 bridgehead atoms. The van der Waals surface area contributed by atoms with Crippen molar-refractivity contribution in [3.8, 4) is 11.3 Å². The second-order valence-corrected chi connectivity index (χ2v) is 8.29. The Bertz CT molecular complexity index is 1130. The number of thiazole rings is 1. The lowest BCUT2D eigenvalue weighted by molar-refractivity contribution is -0.114. The normalized spacial score (nSPS) is 11.4. The van der Waals surface area contributed by atoms with Crippen LogP contribution in [0.15, 0.2) is 23.7 Å². The van der Waals surface area contributed by atoms with Crippen LogP contribution in [-0.2, 0) is 15.5 Å². The summed E-state index contributed by atoms with van der Waals surface area (Å²) in [6.07, 6.45) is 1.56. The van der Waals surface area contributed by atoms with Crippen LogP contribution in [0.4, 0.5) is 31.2 Å². The van der Waals surface area contributed by atoms with E-state index >= 15 is 0 Å². The third kappa shape index (κ3) is 6.39. The zero-order valence-electron chi connectivity index (χ0n) is 18.9. The lowest BCUT2D eigenvalue weighted by atomic mass is 10.1. The maximum atomic E-state index is 13.8. The molecule has 0 unspecified atom stereocenters. The molecule has 3 aromatic heterocycles. The number of halogens is 2. The Hall–Kier alpha value is -3.25. The van der Waals surface area contributed by atoms with Crippen molar-refractivity contribution in [2.24, 2.45) is 0 Å². The van der Waals surface area contributed by atoms with E-state index in [4.69, 9.17) is 4.74 Å². The number of aryl methyl sites for hydroxylation is 1. The van der Waals surface area contributed by atoms with Crippen molar-refractivity contribution in [1.29, 1.82) is 0 Å². The molecule has 12 heteroatoms. The molecule has 0 fully saturated rings. The molecule has 0 aliphatic carbocycles. The molecule has 0 saturated heterocycles. The number of carbonyl (C=O) groups excluding carboxylic acids is 1. The van der Waals surface area contributed by atoms with Gasteiger partial charge in [-0.3, -0.25) is 4.79 Å². The van der Waals surface area contributed by atoms with Crippen LogP contribution in [0.3, 0.4) is 0 Å². The van der Waals surface area contributed by atoms with Crippen LogP contribution in [0.5, 0.6) is 0 Å². The number of hydrogen-bond donors (Lipinski definition) is 2. The summed E-state index contributed by atoms with van der Waals surface area (Å²) in [5.74, 6) is -3.58. The monoisotopic (exact) mass is 477 g/mol. The van der Waals surface area contributed by atoms with E-state index in [0.29, 0.717) is 41.6 Å². The number of alkyl halides is 2. The molecule has 0 radical (unpaired) electrons. The van der Waals surface area contributed by atoms with E-state index in [2.05, 4.69) is 30.6 Å². The number of nitrogens with one attached hydrogen (secondary N) is 2. The van der Waals surface area contributed by atoms with E-state index in [1.807, 2.05) is 17.3 Å². The van der Waals surface area contributed by atoms with Gasteiger partial charge in [-0.25, -0.2) is 19.9 Å². The molecule has 0 aliphatic rings. The molecule has 2 N–H and O–H groups in total. The summed E-state index contributed by atoms with van der Waals surface area (Å²) in [5.41, 5.74) is 2.13. The van der Waals surface area contributed by atoms with E-state index in [1.165, 1.54) is 18.3 Å². The van der Waals surface area contributed by atoms with Gasteiger partial charge in [0.1, 0.15) is 11.6 Å². The Morgan fingerprint density at radius 1 is 1.24 bits per heavy atom. The first-order chi connectivity index (χ1) is 15.6. The number of hydrogen-bond acceptors (Lipinski definition) is 9. The second kappa shape index (κ2) is 10.1. The lowest BCUT2D eigenvalue weighted by Gasteiger charge is -2.16. The van der Waals surface area contributed by atoms with Crippen LogP contribution in [0, 0.1) is 6.92 Å². The summed E-state index contributed by atoms with van der Waals surface area (Å²) in [5, 5.41) is 8.34. The molecule has 3 heterocycles. The molecule has 3 aromatic rings. The van der Waals surface area contributed by atoms with Gasteiger partial charge in [0.2, 0.25) is 11.7 Å². The van der Waals surface area contributed by atoms with E-state index < -0.39 is 11.7 Å². The van der Waals surface area contributed by atoms with E-state index in [0.717, 1.165) is 12.1 Å². The molecule has 176 valence electrons. The van der Waals surface area contributed by atoms with Crippen LogP contribution in [0.2, 0.25) is 0 Å². The minimum atomic E-state index is -3.19. The number of rotatable bonds is 9. The fraction of sp³-hybridized carbons (Fsp3) is 0.381. The fourth-order valence-electron chi connectivity index (χ4n) is 2.87. The van der Waals surface area contributed by atoms with Crippen molar-refractivity contribution in [3.05, 3.63) is 35.2 Å². The predicted octanol–water partition coefficient (Wildman–Crippen LogP) is 4.20. The largest absolute Gasteiger partial charge is 0.383 e. The highest BCUT2D eigenvalue weighted by Crippen LogP contribution is 2.34. The van der Waals surface area contributed by atoms with Crippen molar-refractivity contribution in [3.63, 3.8) is 0 Å². The fourth-order valence-corrected chi connectivity index (χ4v) is 3.68. The van der Waals surface area contributed by atoms with Gasteiger partial charge in [0, 0.05) is 69.5 Å².